The maximum Gasteiger partial charge on any atom is 0.124 e. The summed E-state index contributed by atoms with van der Waals surface area (Å²) < 4.78 is 0. The normalized spacial score (nSPS) is 10.8. The van der Waals surface area contributed by atoms with E-state index in [1.54, 1.807) is 13.0 Å². The molecule has 0 fully saturated rings. The average molecular weight is 351 g/mol. The standard InChI is InChI=1S/C20H18O2.2C2H6/c1-13-7-3-5-9-16(13)19(14(2)21)20-17-10-6-4-8-15(17)11-12-18(20)22;2*1-2/h3-12,21-22H,1-2H3;2*1-2H3/b19-14-;;. The summed E-state index contributed by atoms with van der Waals surface area (Å²) >= 11 is 0. The first-order chi connectivity index (χ1) is 12.6. The Kier molecular flexibility index (Phi) is 8.44. The van der Waals surface area contributed by atoms with Gasteiger partial charge in [0.25, 0.3) is 0 Å². The zero-order chi connectivity index (χ0) is 19.7. The van der Waals surface area contributed by atoms with Gasteiger partial charge in [-0.2, -0.15) is 0 Å². The van der Waals surface area contributed by atoms with Gasteiger partial charge in [-0.05, 0) is 41.8 Å². The molecular formula is C24H30O2. The van der Waals surface area contributed by atoms with Crippen LogP contribution in [0.1, 0.15) is 51.3 Å². The van der Waals surface area contributed by atoms with E-state index < -0.39 is 0 Å². The van der Waals surface area contributed by atoms with Gasteiger partial charge in [0.2, 0.25) is 0 Å². The number of hydrogen-bond acceptors (Lipinski definition) is 2. The van der Waals surface area contributed by atoms with Gasteiger partial charge in [0, 0.05) is 11.1 Å². The zero-order valence-corrected chi connectivity index (χ0v) is 16.7. The number of aliphatic hydroxyl groups is 1. The highest BCUT2D eigenvalue weighted by Crippen LogP contribution is 2.38. The fraction of sp³-hybridized carbons (Fsp3) is 0.250. The van der Waals surface area contributed by atoms with Crippen LogP contribution in [0.25, 0.3) is 16.3 Å². The summed E-state index contributed by atoms with van der Waals surface area (Å²) in [5.41, 5.74) is 3.33. The largest absolute Gasteiger partial charge is 0.512 e. The Labute approximate surface area is 157 Å². The summed E-state index contributed by atoms with van der Waals surface area (Å²) in [4.78, 5) is 0. The fourth-order valence-corrected chi connectivity index (χ4v) is 2.89. The molecule has 0 amide bonds. The quantitative estimate of drug-likeness (QED) is 0.478. The highest BCUT2D eigenvalue weighted by molar-refractivity contribution is 6.00. The number of phenolic OH excluding ortho intramolecular Hbond substituents is 1. The van der Waals surface area contributed by atoms with Crippen molar-refractivity contribution in [3.05, 3.63) is 83.1 Å². The van der Waals surface area contributed by atoms with Crippen molar-refractivity contribution in [2.75, 3.05) is 0 Å². The fourth-order valence-electron chi connectivity index (χ4n) is 2.89. The highest BCUT2D eigenvalue weighted by Gasteiger charge is 2.17. The molecule has 2 N–H and O–H groups in total. The van der Waals surface area contributed by atoms with E-state index >= 15 is 0 Å². The van der Waals surface area contributed by atoms with Crippen LogP contribution in [0.4, 0.5) is 0 Å². The molecule has 2 heteroatoms. The number of phenols is 1. The minimum atomic E-state index is 0.172. The first-order valence-electron chi connectivity index (χ1n) is 9.26. The molecule has 3 aromatic carbocycles. The van der Waals surface area contributed by atoms with Gasteiger partial charge in [0.05, 0.1) is 5.76 Å². The highest BCUT2D eigenvalue weighted by atomic mass is 16.3. The molecule has 0 aliphatic heterocycles. The predicted octanol–water partition coefficient (Wildman–Crippen LogP) is 7.24. The monoisotopic (exact) mass is 350 g/mol. The Balaban J connectivity index is 0.000000791. The van der Waals surface area contributed by atoms with E-state index in [0.717, 1.165) is 21.9 Å². The maximum atomic E-state index is 10.4. The van der Waals surface area contributed by atoms with Crippen LogP contribution in [0, 0.1) is 6.92 Å². The third-order valence-electron chi connectivity index (χ3n) is 3.93. The number of rotatable bonds is 2. The lowest BCUT2D eigenvalue weighted by Gasteiger charge is -2.16. The van der Waals surface area contributed by atoms with Crippen molar-refractivity contribution in [2.45, 2.75) is 41.5 Å². The summed E-state index contributed by atoms with van der Waals surface area (Å²) in [6, 6.07) is 19.3. The van der Waals surface area contributed by atoms with Crippen LogP contribution >= 0.6 is 0 Å². The molecule has 0 spiro atoms. The SMILES string of the molecule is C/C(O)=C(\c1ccccc1C)c1c(O)ccc2ccccc12.CC.CC. The molecule has 0 aliphatic carbocycles. The number of aliphatic hydroxyl groups excluding tert-OH is 1. The van der Waals surface area contributed by atoms with Crippen LogP contribution in [0.5, 0.6) is 5.75 Å². The van der Waals surface area contributed by atoms with Gasteiger partial charge >= 0.3 is 0 Å². The lowest BCUT2D eigenvalue weighted by Crippen LogP contribution is -1.97. The molecule has 0 radical (unpaired) electrons. The minimum absolute atomic E-state index is 0.172. The Morgan fingerprint density at radius 1 is 0.769 bits per heavy atom. The van der Waals surface area contributed by atoms with Crippen molar-refractivity contribution in [2.24, 2.45) is 0 Å². The molecule has 3 rings (SSSR count). The Morgan fingerprint density at radius 3 is 1.96 bits per heavy atom. The van der Waals surface area contributed by atoms with Crippen molar-refractivity contribution in [1.29, 1.82) is 0 Å². The van der Waals surface area contributed by atoms with Gasteiger partial charge in [0.15, 0.2) is 0 Å². The third-order valence-corrected chi connectivity index (χ3v) is 3.93. The molecule has 138 valence electrons. The van der Waals surface area contributed by atoms with Gasteiger partial charge in [-0.15, -0.1) is 0 Å². The minimum Gasteiger partial charge on any atom is -0.512 e. The van der Waals surface area contributed by atoms with E-state index in [1.165, 1.54) is 0 Å². The van der Waals surface area contributed by atoms with Crippen LogP contribution < -0.4 is 0 Å². The molecule has 0 aliphatic rings. The first kappa shape index (κ1) is 21.3. The average Bonchev–Trinajstić information content (AvgIpc) is 2.68. The molecular weight excluding hydrogens is 320 g/mol. The smallest absolute Gasteiger partial charge is 0.124 e. The van der Waals surface area contributed by atoms with Crippen molar-refractivity contribution in [3.8, 4) is 5.75 Å². The second kappa shape index (κ2) is 10.3. The van der Waals surface area contributed by atoms with E-state index in [-0.39, 0.29) is 11.5 Å². The number of benzene rings is 3. The van der Waals surface area contributed by atoms with Crippen LogP contribution in [0.3, 0.4) is 0 Å². The molecule has 0 saturated heterocycles. The molecule has 0 aromatic heterocycles. The molecule has 0 heterocycles. The lowest BCUT2D eigenvalue weighted by atomic mass is 9.89. The predicted molar refractivity (Wildman–Crippen MR) is 114 cm³/mol. The molecule has 0 atom stereocenters. The second-order valence-electron chi connectivity index (χ2n) is 5.46. The Hall–Kier alpha value is -2.74. The van der Waals surface area contributed by atoms with Gasteiger partial charge in [0.1, 0.15) is 5.75 Å². The Bertz CT molecular complexity index is 872. The summed E-state index contributed by atoms with van der Waals surface area (Å²) in [5, 5.41) is 22.7. The van der Waals surface area contributed by atoms with Gasteiger partial charge in [-0.3, -0.25) is 0 Å². The molecule has 0 saturated carbocycles. The summed E-state index contributed by atoms with van der Waals surface area (Å²) in [6.07, 6.45) is 0. The van der Waals surface area contributed by atoms with Crippen LogP contribution in [-0.4, -0.2) is 10.2 Å². The third kappa shape index (κ3) is 4.45. The van der Waals surface area contributed by atoms with Crippen molar-refractivity contribution >= 4 is 16.3 Å². The van der Waals surface area contributed by atoms with Crippen LogP contribution in [0.2, 0.25) is 0 Å². The van der Waals surface area contributed by atoms with E-state index in [4.69, 9.17) is 0 Å². The number of aryl methyl sites for hydroxylation is 1. The molecule has 0 bridgehead atoms. The number of fused-ring (bicyclic) bond motifs is 1. The van der Waals surface area contributed by atoms with E-state index in [1.807, 2.05) is 89.2 Å². The zero-order valence-electron chi connectivity index (χ0n) is 16.7. The second-order valence-corrected chi connectivity index (χ2v) is 5.46. The topological polar surface area (TPSA) is 40.5 Å². The molecule has 2 nitrogen and oxygen atoms in total. The van der Waals surface area contributed by atoms with Gasteiger partial charge in [-0.1, -0.05) is 82.3 Å². The number of hydrogen-bond donors (Lipinski definition) is 2. The van der Waals surface area contributed by atoms with Crippen molar-refractivity contribution in [1.82, 2.24) is 0 Å². The van der Waals surface area contributed by atoms with E-state index in [2.05, 4.69) is 0 Å². The molecule has 26 heavy (non-hydrogen) atoms. The lowest BCUT2D eigenvalue weighted by molar-refractivity contribution is 0.416. The van der Waals surface area contributed by atoms with Crippen LogP contribution in [-0.2, 0) is 0 Å². The molecule has 0 unspecified atom stereocenters. The summed E-state index contributed by atoms with van der Waals surface area (Å²) in [6.45, 7) is 11.7. The number of allylic oxidation sites excluding steroid dienone is 1. The number of aromatic hydroxyl groups is 1. The Morgan fingerprint density at radius 2 is 1.35 bits per heavy atom. The first-order valence-corrected chi connectivity index (χ1v) is 9.26. The summed E-state index contributed by atoms with van der Waals surface area (Å²) in [5.74, 6) is 0.367. The maximum absolute atomic E-state index is 10.4. The van der Waals surface area contributed by atoms with Gasteiger partial charge in [-0.25, -0.2) is 0 Å². The summed E-state index contributed by atoms with van der Waals surface area (Å²) in [7, 11) is 0. The van der Waals surface area contributed by atoms with E-state index in [0.29, 0.717) is 11.1 Å². The van der Waals surface area contributed by atoms with Crippen LogP contribution in [0.15, 0.2) is 66.4 Å². The van der Waals surface area contributed by atoms with E-state index in [9.17, 15) is 10.2 Å². The van der Waals surface area contributed by atoms with Gasteiger partial charge < -0.3 is 10.2 Å². The van der Waals surface area contributed by atoms with Crippen molar-refractivity contribution in [3.63, 3.8) is 0 Å². The molecule has 3 aromatic rings. The van der Waals surface area contributed by atoms with Crippen molar-refractivity contribution < 1.29 is 10.2 Å².